The Bertz CT molecular complexity index is 626. The molecule has 106 valence electrons. The molecule has 1 saturated carbocycles. The third kappa shape index (κ3) is 2.31. The first kappa shape index (κ1) is 13.2. The van der Waals surface area contributed by atoms with Gasteiger partial charge in [0.05, 0.1) is 0 Å². The molecule has 4 heteroatoms. The Balaban J connectivity index is 1.99. The van der Waals surface area contributed by atoms with Crippen molar-refractivity contribution in [2.45, 2.75) is 32.2 Å². The summed E-state index contributed by atoms with van der Waals surface area (Å²) in [5.74, 6) is 0.352. The lowest BCUT2D eigenvalue weighted by molar-refractivity contribution is 0.222. The number of anilines is 2. The summed E-state index contributed by atoms with van der Waals surface area (Å²) in [6, 6.07) is 6.37. The topological polar surface area (TPSA) is 71.2 Å². The monoisotopic (exact) mass is 271 g/mol. The predicted molar refractivity (Wildman–Crippen MR) is 82.7 cm³/mol. The van der Waals surface area contributed by atoms with Crippen molar-refractivity contribution in [2.75, 3.05) is 17.7 Å². The quantitative estimate of drug-likeness (QED) is 0.751. The molecular weight excluding hydrogens is 250 g/mol. The van der Waals surface area contributed by atoms with E-state index in [9.17, 15) is 5.11 Å². The summed E-state index contributed by atoms with van der Waals surface area (Å²) in [6.07, 6.45) is 5.22. The number of nitrogens with one attached hydrogen (secondary N) is 1. The molecule has 1 heterocycles. The number of aryl methyl sites for hydroxylation is 1. The third-order valence-electron chi connectivity index (χ3n) is 4.31. The molecule has 2 unspecified atom stereocenters. The zero-order valence-corrected chi connectivity index (χ0v) is 11.8. The van der Waals surface area contributed by atoms with E-state index in [0.29, 0.717) is 12.0 Å². The lowest BCUT2D eigenvalue weighted by Gasteiger charge is -2.21. The van der Waals surface area contributed by atoms with Gasteiger partial charge in [-0.05, 0) is 38.0 Å². The molecule has 4 nitrogen and oxygen atoms in total. The highest BCUT2D eigenvalue weighted by atomic mass is 16.3. The van der Waals surface area contributed by atoms with E-state index in [-0.39, 0.29) is 6.61 Å². The van der Waals surface area contributed by atoms with Gasteiger partial charge in [-0.1, -0.05) is 6.42 Å². The Kier molecular flexibility index (Phi) is 3.49. The van der Waals surface area contributed by atoms with Crippen LogP contribution >= 0.6 is 0 Å². The molecule has 1 fully saturated rings. The summed E-state index contributed by atoms with van der Waals surface area (Å²) in [7, 11) is 0. The van der Waals surface area contributed by atoms with Crippen LogP contribution in [0.15, 0.2) is 24.4 Å². The molecule has 3 rings (SSSR count). The molecule has 0 bridgehead atoms. The number of rotatable bonds is 3. The van der Waals surface area contributed by atoms with Crippen LogP contribution in [0, 0.1) is 12.8 Å². The van der Waals surface area contributed by atoms with Gasteiger partial charge in [-0.3, -0.25) is 4.98 Å². The third-order valence-corrected chi connectivity index (χ3v) is 4.31. The van der Waals surface area contributed by atoms with Crippen LogP contribution in [-0.2, 0) is 0 Å². The lowest BCUT2D eigenvalue weighted by atomic mass is 10.0. The molecule has 4 N–H and O–H groups in total. The number of aromatic nitrogens is 1. The van der Waals surface area contributed by atoms with Gasteiger partial charge in [-0.2, -0.15) is 0 Å². The minimum Gasteiger partial charge on any atom is -0.398 e. The van der Waals surface area contributed by atoms with E-state index in [1.54, 1.807) is 0 Å². The minimum atomic E-state index is 0.255. The van der Waals surface area contributed by atoms with E-state index in [1.807, 2.05) is 25.3 Å². The molecule has 0 amide bonds. The van der Waals surface area contributed by atoms with E-state index in [2.05, 4.69) is 16.4 Å². The molecule has 0 radical (unpaired) electrons. The van der Waals surface area contributed by atoms with E-state index in [4.69, 9.17) is 5.73 Å². The second-order valence-corrected chi connectivity index (χ2v) is 5.70. The largest absolute Gasteiger partial charge is 0.398 e. The molecule has 1 aromatic heterocycles. The van der Waals surface area contributed by atoms with Gasteiger partial charge in [0, 0.05) is 52.6 Å². The molecule has 1 aliphatic carbocycles. The van der Waals surface area contributed by atoms with Crippen molar-refractivity contribution in [3.63, 3.8) is 0 Å². The van der Waals surface area contributed by atoms with Gasteiger partial charge in [0.1, 0.15) is 0 Å². The zero-order chi connectivity index (χ0) is 14.1. The molecule has 0 spiro atoms. The zero-order valence-electron chi connectivity index (χ0n) is 11.8. The molecule has 1 aliphatic rings. The summed E-state index contributed by atoms with van der Waals surface area (Å²) in [5.41, 5.74) is 8.85. The first-order valence-electron chi connectivity index (χ1n) is 7.21. The van der Waals surface area contributed by atoms with Crippen LogP contribution in [0.2, 0.25) is 0 Å². The van der Waals surface area contributed by atoms with Gasteiger partial charge in [0.2, 0.25) is 0 Å². The number of aliphatic hydroxyl groups is 1. The van der Waals surface area contributed by atoms with Crippen molar-refractivity contribution in [1.29, 1.82) is 0 Å². The summed E-state index contributed by atoms with van der Waals surface area (Å²) in [4.78, 5) is 4.32. The number of nitrogens with two attached hydrogens (primary N) is 1. The van der Waals surface area contributed by atoms with Crippen LogP contribution in [0.1, 0.15) is 25.0 Å². The van der Waals surface area contributed by atoms with Crippen molar-refractivity contribution in [3.8, 4) is 0 Å². The molecular formula is C16H21N3O. The highest BCUT2D eigenvalue weighted by molar-refractivity contribution is 6.00. The first-order valence-corrected chi connectivity index (χ1v) is 7.21. The Morgan fingerprint density at radius 3 is 3.00 bits per heavy atom. The highest BCUT2D eigenvalue weighted by Gasteiger charge is 2.26. The number of aliphatic hydroxyl groups excluding tert-OH is 1. The van der Waals surface area contributed by atoms with Gasteiger partial charge in [0.15, 0.2) is 0 Å². The van der Waals surface area contributed by atoms with Crippen LogP contribution in [-0.4, -0.2) is 22.7 Å². The molecule has 0 aliphatic heterocycles. The maximum Gasteiger partial charge on any atom is 0.0478 e. The van der Waals surface area contributed by atoms with Gasteiger partial charge >= 0.3 is 0 Å². The van der Waals surface area contributed by atoms with Gasteiger partial charge < -0.3 is 16.2 Å². The summed E-state index contributed by atoms with van der Waals surface area (Å²) in [6.45, 7) is 2.24. The Morgan fingerprint density at radius 2 is 2.20 bits per heavy atom. The van der Waals surface area contributed by atoms with Crippen LogP contribution in [0.3, 0.4) is 0 Å². The number of benzene rings is 1. The SMILES string of the molecule is Cc1cc2c(NC3CCCC3CO)ccc(N)c2cn1. The Labute approximate surface area is 119 Å². The van der Waals surface area contributed by atoms with Crippen molar-refractivity contribution in [2.24, 2.45) is 5.92 Å². The van der Waals surface area contributed by atoms with Crippen LogP contribution in [0.25, 0.3) is 10.8 Å². The number of hydrogen-bond acceptors (Lipinski definition) is 4. The van der Waals surface area contributed by atoms with E-state index in [1.165, 1.54) is 6.42 Å². The number of fused-ring (bicyclic) bond motifs is 1. The fraction of sp³-hybridized carbons (Fsp3) is 0.438. The van der Waals surface area contributed by atoms with Crippen molar-refractivity contribution in [1.82, 2.24) is 4.98 Å². The summed E-state index contributed by atoms with van der Waals surface area (Å²) in [5, 5.41) is 15.1. The lowest BCUT2D eigenvalue weighted by Crippen LogP contribution is -2.26. The second kappa shape index (κ2) is 5.29. The van der Waals surface area contributed by atoms with E-state index in [0.717, 1.165) is 40.7 Å². The second-order valence-electron chi connectivity index (χ2n) is 5.70. The van der Waals surface area contributed by atoms with Gasteiger partial charge in [-0.25, -0.2) is 0 Å². The van der Waals surface area contributed by atoms with Gasteiger partial charge in [-0.15, -0.1) is 0 Å². The standard InChI is InChI=1S/C16H21N3O/c1-10-7-12-13(8-18-10)14(17)5-6-16(12)19-15-4-2-3-11(15)9-20/h5-8,11,15,19-20H,2-4,9,17H2,1H3. The van der Waals surface area contributed by atoms with E-state index >= 15 is 0 Å². The molecule has 2 atom stereocenters. The van der Waals surface area contributed by atoms with Crippen molar-refractivity contribution in [3.05, 3.63) is 30.1 Å². The van der Waals surface area contributed by atoms with Gasteiger partial charge in [0.25, 0.3) is 0 Å². The molecule has 2 aromatic rings. The molecule has 0 saturated heterocycles. The number of hydrogen-bond donors (Lipinski definition) is 3. The summed E-state index contributed by atoms with van der Waals surface area (Å²) < 4.78 is 0. The summed E-state index contributed by atoms with van der Waals surface area (Å²) >= 11 is 0. The predicted octanol–water partition coefficient (Wildman–Crippen LogP) is 2.70. The normalized spacial score (nSPS) is 22.3. The average Bonchev–Trinajstić information content (AvgIpc) is 2.89. The number of nitrogen functional groups attached to an aromatic ring is 1. The van der Waals surface area contributed by atoms with Crippen LogP contribution < -0.4 is 11.1 Å². The fourth-order valence-electron chi connectivity index (χ4n) is 3.14. The van der Waals surface area contributed by atoms with Crippen molar-refractivity contribution >= 4 is 22.1 Å². The highest BCUT2D eigenvalue weighted by Crippen LogP contribution is 2.33. The number of nitrogens with zero attached hydrogens (tertiary/aromatic N) is 1. The fourth-order valence-corrected chi connectivity index (χ4v) is 3.14. The first-order chi connectivity index (χ1) is 9.69. The average molecular weight is 271 g/mol. The van der Waals surface area contributed by atoms with E-state index < -0.39 is 0 Å². The maximum absolute atomic E-state index is 9.45. The van der Waals surface area contributed by atoms with Crippen LogP contribution in [0.4, 0.5) is 11.4 Å². The maximum atomic E-state index is 9.45. The smallest absolute Gasteiger partial charge is 0.0478 e. The van der Waals surface area contributed by atoms with Crippen LogP contribution in [0.5, 0.6) is 0 Å². The number of pyridine rings is 1. The minimum absolute atomic E-state index is 0.255. The molecule has 1 aromatic carbocycles. The Morgan fingerprint density at radius 1 is 1.35 bits per heavy atom. The Hall–Kier alpha value is -1.81. The molecule has 20 heavy (non-hydrogen) atoms. The van der Waals surface area contributed by atoms with Crippen molar-refractivity contribution < 1.29 is 5.11 Å².